The average molecular weight is 248 g/mol. The Morgan fingerprint density at radius 3 is 2.12 bits per heavy atom. The van der Waals surface area contributed by atoms with Gasteiger partial charge in [0.15, 0.2) is 11.4 Å². The van der Waals surface area contributed by atoms with Gasteiger partial charge in [0.05, 0.1) is 27.6 Å². The number of hydrogen-bond donors (Lipinski definition) is 3. The fourth-order valence-corrected chi connectivity index (χ4v) is 1.75. The van der Waals surface area contributed by atoms with Gasteiger partial charge in [0.1, 0.15) is 6.54 Å². The Morgan fingerprint density at radius 1 is 1.24 bits per heavy atom. The van der Waals surface area contributed by atoms with Crippen LogP contribution < -0.4 is 0 Å². The topological polar surface area (TPSA) is 94.8 Å². The number of quaternary nitrogens is 1. The lowest BCUT2D eigenvalue weighted by molar-refractivity contribution is -0.875. The van der Waals surface area contributed by atoms with Gasteiger partial charge < -0.3 is 19.8 Å². The van der Waals surface area contributed by atoms with Crippen molar-refractivity contribution in [1.29, 1.82) is 0 Å². The Kier molecular flexibility index (Phi) is 5.74. The molecule has 0 spiro atoms. The second kappa shape index (κ2) is 6.09. The molecule has 0 fully saturated rings. The molecule has 6 nitrogen and oxygen atoms in total. The van der Waals surface area contributed by atoms with Gasteiger partial charge in [0.25, 0.3) is 0 Å². The Bertz CT molecular complexity index is 284. The summed E-state index contributed by atoms with van der Waals surface area (Å²) in [4.78, 5) is 22.5. The second-order valence-electron chi connectivity index (χ2n) is 5.30. The van der Waals surface area contributed by atoms with E-state index >= 15 is 0 Å². The summed E-state index contributed by atoms with van der Waals surface area (Å²) in [5, 5.41) is 27.6. The van der Waals surface area contributed by atoms with Gasteiger partial charge in [-0.15, -0.1) is 0 Å². The van der Waals surface area contributed by atoms with E-state index in [0.29, 0.717) is 0 Å². The summed E-state index contributed by atoms with van der Waals surface area (Å²) in [6.45, 7) is -0.122. The lowest BCUT2D eigenvalue weighted by Gasteiger charge is -2.33. The standard InChI is InChI=1S/C11H21NO5/c1-12(2,3)8-11(17,7-10(15)16)9(14)5-4-6-13/h13,17H,4-8H2,1-3H3/p+1. The number of aliphatic carboxylic acids is 1. The van der Waals surface area contributed by atoms with E-state index in [4.69, 9.17) is 10.2 Å². The molecule has 0 aromatic carbocycles. The van der Waals surface area contributed by atoms with Crippen molar-refractivity contribution >= 4 is 11.8 Å². The highest BCUT2D eigenvalue weighted by Crippen LogP contribution is 2.18. The van der Waals surface area contributed by atoms with Crippen molar-refractivity contribution in [3.05, 3.63) is 0 Å². The second-order valence-corrected chi connectivity index (χ2v) is 5.30. The van der Waals surface area contributed by atoms with Crippen molar-refractivity contribution in [2.75, 3.05) is 34.3 Å². The van der Waals surface area contributed by atoms with E-state index in [9.17, 15) is 14.7 Å². The summed E-state index contributed by atoms with van der Waals surface area (Å²) in [6, 6.07) is 0. The number of aliphatic hydroxyl groups is 2. The highest BCUT2D eigenvalue weighted by molar-refractivity contribution is 5.90. The molecule has 3 N–H and O–H groups in total. The van der Waals surface area contributed by atoms with Crippen LogP contribution in [0.4, 0.5) is 0 Å². The predicted octanol–water partition coefficient (Wildman–Crippen LogP) is -0.760. The molecule has 0 saturated carbocycles. The molecule has 0 amide bonds. The van der Waals surface area contributed by atoms with Gasteiger partial charge in [-0.25, -0.2) is 0 Å². The molecule has 0 heterocycles. The van der Waals surface area contributed by atoms with E-state index in [2.05, 4.69) is 0 Å². The van der Waals surface area contributed by atoms with Gasteiger partial charge in [-0.2, -0.15) is 0 Å². The van der Waals surface area contributed by atoms with Gasteiger partial charge in [-0.3, -0.25) is 9.59 Å². The van der Waals surface area contributed by atoms with Crippen LogP contribution in [0.3, 0.4) is 0 Å². The molecule has 0 saturated heterocycles. The third-order valence-electron chi connectivity index (χ3n) is 2.26. The van der Waals surface area contributed by atoms with E-state index in [-0.39, 0.29) is 30.5 Å². The summed E-state index contributed by atoms with van der Waals surface area (Å²) >= 11 is 0. The number of carboxylic acids is 1. The van der Waals surface area contributed by atoms with Gasteiger partial charge in [0.2, 0.25) is 0 Å². The minimum absolute atomic E-state index is 0.0136. The third kappa shape index (κ3) is 6.35. The quantitative estimate of drug-likeness (QED) is 0.491. The normalized spacial score (nSPS) is 15.4. The van der Waals surface area contributed by atoms with E-state index in [1.54, 1.807) is 21.1 Å². The largest absolute Gasteiger partial charge is 0.481 e. The van der Waals surface area contributed by atoms with E-state index in [1.807, 2.05) is 0 Å². The first kappa shape index (κ1) is 16.0. The van der Waals surface area contributed by atoms with Crippen LogP contribution >= 0.6 is 0 Å². The molecule has 0 aliphatic rings. The minimum atomic E-state index is -1.86. The maximum Gasteiger partial charge on any atom is 0.306 e. The fourth-order valence-electron chi connectivity index (χ4n) is 1.75. The number of rotatable bonds is 8. The van der Waals surface area contributed by atoms with Crippen LogP contribution in [-0.2, 0) is 9.59 Å². The number of nitrogens with zero attached hydrogens (tertiary/aromatic N) is 1. The van der Waals surface area contributed by atoms with Crippen molar-refractivity contribution in [2.24, 2.45) is 0 Å². The minimum Gasteiger partial charge on any atom is -0.481 e. The van der Waals surface area contributed by atoms with Crippen LogP contribution in [-0.4, -0.2) is 71.5 Å². The number of Topliss-reactive ketones (excluding diaryl/α,β-unsaturated/α-hetero) is 1. The van der Waals surface area contributed by atoms with Crippen molar-refractivity contribution in [2.45, 2.75) is 24.9 Å². The number of ketones is 1. The van der Waals surface area contributed by atoms with Gasteiger partial charge >= 0.3 is 5.97 Å². The molecule has 0 radical (unpaired) electrons. The summed E-state index contributed by atoms with van der Waals surface area (Å²) in [6.07, 6.45) is -0.384. The lowest BCUT2D eigenvalue weighted by Crippen LogP contribution is -2.54. The summed E-state index contributed by atoms with van der Waals surface area (Å²) in [5.41, 5.74) is -1.86. The molecule has 0 rings (SSSR count). The summed E-state index contributed by atoms with van der Waals surface area (Å²) in [7, 11) is 5.31. The fraction of sp³-hybridized carbons (Fsp3) is 0.818. The zero-order chi connectivity index (χ0) is 13.7. The van der Waals surface area contributed by atoms with Crippen LogP contribution in [0.15, 0.2) is 0 Å². The molecule has 1 unspecified atom stereocenters. The van der Waals surface area contributed by atoms with Gasteiger partial charge in [-0.05, 0) is 6.42 Å². The number of likely N-dealkylation sites (N-methyl/N-ethyl adjacent to an activating group) is 1. The Labute approximate surface area is 101 Å². The van der Waals surface area contributed by atoms with Crippen molar-refractivity contribution < 1.29 is 29.4 Å². The highest BCUT2D eigenvalue weighted by atomic mass is 16.4. The lowest BCUT2D eigenvalue weighted by atomic mass is 9.90. The van der Waals surface area contributed by atoms with E-state index in [1.165, 1.54) is 0 Å². The average Bonchev–Trinajstić information content (AvgIpc) is 2.09. The van der Waals surface area contributed by atoms with Gasteiger partial charge in [0, 0.05) is 13.0 Å². The van der Waals surface area contributed by atoms with Crippen molar-refractivity contribution in [1.82, 2.24) is 0 Å². The predicted molar refractivity (Wildman–Crippen MR) is 61.4 cm³/mol. The maximum absolute atomic E-state index is 11.8. The Morgan fingerprint density at radius 2 is 1.76 bits per heavy atom. The molecule has 0 aliphatic heterocycles. The zero-order valence-electron chi connectivity index (χ0n) is 10.6. The van der Waals surface area contributed by atoms with E-state index < -0.39 is 23.8 Å². The number of aliphatic hydroxyl groups excluding tert-OH is 1. The molecular weight excluding hydrogens is 226 g/mol. The first-order valence-electron chi connectivity index (χ1n) is 5.49. The molecular formula is C11H22NO5+. The molecule has 1 atom stereocenters. The third-order valence-corrected chi connectivity index (χ3v) is 2.26. The monoisotopic (exact) mass is 248 g/mol. The Balaban J connectivity index is 4.83. The molecule has 17 heavy (non-hydrogen) atoms. The number of carbonyl (C=O) groups excluding carboxylic acids is 1. The van der Waals surface area contributed by atoms with E-state index in [0.717, 1.165) is 0 Å². The number of carbonyl (C=O) groups is 2. The van der Waals surface area contributed by atoms with Crippen molar-refractivity contribution in [3.8, 4) is 0 Å². The molecule has 100 valence electrons. The SMILES string of the molecule is C[N+](C)(C)CC(O)(CC(=O)O)C(=O)CCCO. The van der Waals surface area contributed by atoms with Crippen LogP contribution in [0.2, 0.25) is 0 Å². The van der Waals surface area contributed by atoms with Crippen LogP contribution in [0.1, 0.15) is 19.3 Å². The summed E-state index contributed by atoms with van der Waals surface area (Å²) in [5.74, 6) is -1.74. The highest BCUT2D eigenvalue weighted by Gasteiger charge is 2.42. The van der Waals surface area contributed by atoms with Gasteiger partial charge in [-0.1, -0.05) is 0 Å². The van der Waals surface area contributed by atoms with Crippen molar-refractivity contribution in [3.63, 3.8) is 0 Å². The van der Waals surface area contributed by atoms with Crippen LogP contribution in [0.5, 0.6) is 0 Å². The first-order valence-corrected chi connectivity index (χ1v) is 5.49. The summed E-state index contributed by atoms with van der Waals surface area (Å²) < 4.78 is 0.286. The maximum atomic E-state index is 11.8. The molecule has 0 aromatic heterocycles. The first-order chi connectivity index (χ1) is 7.60. The van der Waals surface area contributed by atoms with Crippen LogP contribution in [0, 0.1) is 0 Å². The Hall–Kier alpha value is -0.980. The zero-order valence-corrected chi connectivity index (χ0v) is 10.6. The molecule has 0 bridgehead atoms. The molecule has 6 heteroatoms. The number of carboxylic acid groups (broad SMARTS) is 1. The van der Waals surface area contributed by atoms with Crippen LogP contribution in [0.25, 0.3) is 0 Å². The number of hydrogen-bond acceptors (Lipinski definition) is 4. The smallest absolute Gasteiger partial charge is 0.306 e. The molecule has 0 aliphatic carbocycles. The molecule has 0 aromatic rings.